The van der Waals surface area contributed by atoms with E-state index in [0.717, 1.165) is 30.3 Å². The summed E-state index contributed by atoms with van der Waals surface area (Å²) in [6, 6.07) is 0. The third kappa shape index (κ3) is 3.28. The van der Waals surface area contributed by atoms with E-state index in [1.165, 1.54) is 12.8 Å². The van der Waals surface area contributed by atoms with E-state index in [9.17, 15) is 0 Å². The maximum absolute atomic E-state index is 5.64. The Morgan fingerprint density at radius 2 is 2.35 bits per heavy atom. The predicted octanol–water partition coefficient (Wildman–Crippen LogP) is 1.96. The normalized spacial score (nSPS) is 11.7. The quantitative estimate of drug-likeness (QED) is 0.819. The number of fused-ring (bicyclic) bond motifs is 1. The van der Waals surface area contributed by atoms with Crippen LogP contribution >= 0.6 is 11.3 Å². The van der Waals surface area contributed by atoms with Gasteiger partial charge in [0.05, 0.1) is 5.69 Å². The first-order valence-electron chi connectivity index (χ1n) is 6.17. The van der Waals surface area contributed by atoms with Crippen molar-refractivity contribution in [1.82, 2.24) is 14.3 Å². The minimum atomic E-state index is 0.714. The maximum atomic E-state index is 5.64. The van der Waals surface area contributed by atoms with Gasteiger partial charge in [-0.25, -0.2) is 4.98 Å². The van der Waals surface area contributed by atoms with Crippen LogP contribution < -0.4 is 5.73 Å². The Balaban J connectivity index is 1.98. The monoisotopic (exact) mass is 252 g/mol. The van der Waals surface area contributed by atoms with Crippen LogP contribution in [-0.4, -0.2) is 33.9 Å². The summed E-state index contributed by atoms with van der Waals surface area (Å²) in [6.07, 6.45) is 6.61. The fraction of sp³-hybridized carbons (Fsp3) is 0.583. The Morgan fingerprint density at radius 3 is 3.06 bits per heavy atom. The van der Waals surface area contributed by atoms with E-state index in [1.807, 2.05) is 0 Å². The summed E-state index contributed by atoms with van der Waals surface area (Å²) in [5.74, 6) is 0. The minimum absolute atomic E-state index is 0.714. The van der Waals surface area contributed by atoms with Gasteiger partial charge in [-0.2, -0.15) is 0 Å². The molecule has 0 aromatic carbocycles. The number of nitrogens with two attached hydrogens (primary N) is 1. The zero-order chi connectivity index (χ0) is 12.1. The van der Waals surface area contributed by atoms with E-state index < -0.39 is 0 Å². The SMILES string of the molecule is CCCCN(CCN)Cc1cn2ccsc2n1. The van der Waals surface area contributed by atoms with E-state index in [-0.39, 0.29) is 0 Å². The van der Waals surface area contributed by atoms with Crippen molar-refractivity contribution in [2.45, 2.75) is 26.3 Å². The van der Waals surface area contributed by atoms with Crippen molar-refractivity contribution in [2.75, 3.05) is 19.6 Å². The first-order valence-corrected chi connectivity index (χ1v) is 7.05. The summed E-state index contributed by atoms with van der Waals surface area (Å²) < 4.78 is 2.08. The van der Waals surface area contributed by atoms with Crippen LogP contribution in [0.1, 0.15) is 25.5 Å². The molecule has 5 heteroatoms. The number of unbranched alkanes of at least 4 members (excludes halogenated alkanes) is 1. The van der Waals surface area contributed by atoms with Gasteiger partial charge in [0.25, 0.3) is 0 Å². The molecule has 17 heavy (non-hydrogen) atoms. The topological polar surface area (TPSA) is 46.6 Å². The van der Waals surface area contributed by atoms with Gasteiger partial charge in [-0.1, -0.05) is 13.3 Å². The van der Waals surface area contributed by atoms with Gasteiger partial charge >= 0.3 is 0 Å². The molecule has 2 N–H and O–H groups in total. The molecule has 0 saturated carbocycles. The maximum Gasteiger partial charge on any atom is 0.193 e. The smallest absolute Gasteiger partial charge is 0.193 e. The van der Waals surface area contributed by atoms with Crippen molar-refractivity contribution in [1.29, 1.82) is 0 Å². The van der Waals surface area contributed by atoms with Crippen LogP contribution in [0.4, 0.5) is 0 Å². The highest BCUT2D eigenvalue weighted by molar-refractivity contribution is 7.15. The van der Waals surface area contributed by atoms with Gasteiger partial charge in [0.2, 0.25) is 0 Å². The Kier molecular flexibility index (Phi) is 4.53. The first-order chi connectivity index (χ1) is 8.33. The molecular weight excluding hydrogens is 232 g/mol. The van der Waals surface area contributed by atoms with E-state index >= 15 is 0 Å². The second kappa shape index (κ2) is 6.14. The van der Waals surface area contributed by atoms with E-state index in [1.54, 1.807) is 11.3 Å². The van der Waals surface area contributed by atoms with Crippen molar-refractivity contribution in [2.24, 2.45) is 5.73 Å². The number of hydrogen-bond donors (Lipinski definition) is 1. The highest BCUT2D eigenvalue weighted by Gasteiger charge is 2.08. The Morgan fingerprint density at radius 1 is 1.47 bits per heavy atom. The minimum Gasteiger partial charge on any atom is -0.329 e. The fourth-order valence-electron chi connectivity index (χ4n) is 1.92. The molecule has 0 aliphatic carbocycles. The largest absolute Gasteiger partial charge is 0.329 e. The molecule has 0 atom stereocenters. The van der Waals surface area contributed by atoms with Crippen LogP contribution in [0.25, 0.3) is 4.96 Å². The van der Waals surface area contributed by atoms with Gasteiger partial charge in [0.15, 0.2) is 4.96 Å². The number of nitrogens with zero attached hydrogens (tertiary/aromatic N) is 3. The molecule has 0 amide bonds. The summed E-state index contributed by atoms with van der Waals surface area (Å²) >= 11 is 1.68. The molecule has 0 radical (unpaired) electrons. The zero-order valence-corrected chi connectivity index (χ0v) is 11.1. The summed E-state index contributed by atoms with van der Waals surface area (Å²) in [5.41, 5.74) is 6.78. The predicted molar refractivity (Wildman–Crippen MR) is 72.3 cm³/mol. The average Bonchev–Trinajstić information content (AvgIpc) is 2.86. The van der Waals surface area contributed by atoms with Gasteiger partial charge < -0.3 is 5.73 Å². The summed E-state index contributed by atoms with van der Waals surface area (Å²) in [5, 5.41) is 2.06. The fourth-order valence-corrected chi connectivity index (χ4v) is 2.63. The number of thiazole rings is 1. The zero-order valence-electron chi connectivity index (χ0n) is 10.3. The van der Waals surface area contributed by atoms with Gasteiger partial charge in [-0.15, -0.1) is 11.3 Å². The standard InChI is InChI=1S/C12H20N4S/c1-2-3-5-15(6-4-13)9-11-10-16-7-8-17-12(16)14-11/h7-8,10H,2-6,9,13H2,1H3. The molecule has 0 fully saturated rings. The average molecular weight is 252 g/mol. The van der Waals surface area contributed by atoms with Crippen molar-refractivity contribution in [3.05, 3.63) is 23.5 Å². The molecule has 0 saturated heterocycles. The second-order valence-electron chi connectivity index (χ2n) is 4.24. The lowest BCUT2D eigenvalue weighted by Crippen LogP contribution is -2.30. The Bertz CT molecular complexity index is 419. The van der Waals surface area contributed by atoms with Gasteiger partial charge in [0, 0.05) is 37.4 Å². The molecule has 0 aliphatic heterocycles. The van der Waals surface area contributed by atoms with Gasteiger partial charge in [0.1, 0.15) is 0 Å². The molecule has 0 bridgehead atoms. The van der Waals surface area contributed by atoms with Crippen molar-refractivity contribution in [3.8, 4) is 0 Å². The van der Waals surface area contributed by atoms with Gasteiger partial charge in [-0.05, 0) is 13.0 Å². The lowest BCUT2D eigenvalue weighted by atomic mass is 10.3. The molecular formula is C12H20N4S. The molecule has 0 unspecified atom stereocenters. The Labute approximate surface area is 106 Å². The molecule has 4 nitrogen and oxygen atoms in total. The number of aromatic nitrogens is 2. The summed E-state index contributed by atoms with van der Waals surface area (Å²) in [6.45, 7) is 5.90. The van der Waals surface area contributed by atoms with Crippen molar-refractivity contribution in [3.63, 3.8) is 0 Å². The molecule has 0 aliphatic rings. The Hall–Kier alpha value is -0.910. The lowest BCUT2D eigenvalue weighted by Gasteiger charge is -2.19. The van der Waals surface area contributed by atoms with Crippen LogP contribution in [0.2, 0.25) is 0 Å². The third-order valence-corrected chi connectivity index (χ3v) is 3.57. The molecule has 94 valence electrons. The van der Waals surface area contributed by atoms with Crippen LogP contribution in [0.5, 0.6) is 0 Å². The summed E-state index contributed by atoms with van der Waals surface area (Å²) in [7, 11) is 0. The number of rotatable bonds is 7. The summed E-state index contributed by atoms with van der Waals surface area (Å²) in [4.78, 5) is 8.06. The molecule has 2 aromatic heterocycles. The van der Waals surface area contributed by atoms with Gasteiger partial charge in [-0.3, -0.25) is 9.30 Å². The number of imidazole rings is 1. The third-order valence-electron chi connectivity index (χ3n) is 2.80. The van der Waals surface area contributed by atoms with E-state index in [4.69, 9.17) is 5.73 Å². The highest BCUT2D eigenvalue weighted by Crippen LogP contribution is 2.13. The first kappa shape index (κ1) is 12.5. The molecule has 2 rings (SSSR count). The van der Waals surface area contributed by atoms with Crippen molar-refractivity contribution >= 4 is 16.3 Å². The lowest BCUT2D eigenvalue weighted by molar-refractivity contribution is 0.266. The van der Waals surface area contributed by atoms with Crippen LogP contribution in [0.3, 0.4) is 0 Å². The van der Waals surface area contributed by atoms with E-state index in [0.29, 0.717) is 6.54 Å². The molecule has 2 heterocycles. The molecule has 2 aromatic rings. The van der Waals surface area contributed by atoms with Crippen LogP contribution in [0, 0.1) is 0 Å². The van der Waals surface area contributed by atoms with Crippen molar-refractivity contribution < 1.29 is 0 Å². The van der Waals surface area contributed by atoms with Crippen LogP contribution in [-0.2, 0) is 6.54 Å². The second-order valence-corrected chi connectivity index (χ2v) is 5.12. The molecule has 0 spiro atoms. The highest BCUT2D eigenvalue weighted by atomic mass is 32.1. The number of hydrogen-bond acceptors (Lipinski definition) is 4. The van der Waals surface area contributed by atoms with E-state index in [2.05, 4.69) is 39.0 Å². The van der Waals surface area contributed by atoms with Crippen LogP contribution in [0.15, 0.2) is 17.8 Å².